The predicted molar refractivity (Wildman–Crippen MR) is 74.1 cm³/mol. The molecule has 4 aromatic rings. The normalized spacial score (nSPS) is 11.9. The third-order valence-electron chi connectivity index (χ3n) is 3.52. The van der Waals surface area contributed by atoms with Crippen LogP contribution in [0.15, 0.2) is 30.5 Å². The fourth-order valence-electron chi connectivity index (χ4n) is 2.60. The molecule has 0 saturated heterocycles. The lowest BCUT2D eigenvalue weighted by Gasteiger charge is -2.04. The second kappa shape index (κ2) is 3.54. The zero-order chi connectivity index (χ0) is 13.0. The lowest BCUT2D eigenvalue weighted by atomic mass is 10.3. The molecule has 0 spiro atoms. The van der Waals surface area contributed by atoms with Gasteiger partial charge >= 0.3 is 0 Å². The van der Waals surface area contributed by atoms with E-state index in [-0.39, 0.29) is 0 Å². The van der Waals surface area contributed by atoms with Crippen LogP contribution in [0.3, 0.4) is 0 Å². The summed E-state index contributed by atoms with van der Waals surface area (Å²) >= 11 is 0. The van der Waals surface area contributed by atoms with E-state index in [1.807, 2.05) is 31.4 Å². The molecule has 0 atom stereocenters. The van der Waals surface area contributed by atoms with Crippen LogP contribution >= 0.6 is 0 Å². The van der Waals surface area contributed by atoms with Crippen LogP contribution in [0.1, 0.15) is 12.7 Å². The summed E-state index contributed by atoms with van der Waals surface area (Å²) in [5.74, 6) is 1.01. The van der Waals surface area contributed by atoms with Crippen LogP contribution in [0.25, 0.3) is 27.7 Å². The van der Waals surface area contributed by atoms with Gasteiger partial charge in [0.1, 0.15) is 5.82 Å². The van der Waals surface area contributed by atoms with Crippen molar-refractivity contribution in [2.75, 3.05) is 0 Å². The molecule has 3 heterocycles. The molecule has 19 heavy (non-hydrogen) atoms. The zero-order valence-electron chi connectivity index (χ0n) is 10.8. The minimum absolute atomic E-state index is 0.859. The average molecular weight is 251 g/mol. The molecular weight excluding hydrogens is 238 g/mol. The number of imidazole rings is 1. The van der Waals surface area contributed by atoms with Crippen molar-refractivity contribution < 1.29 is 0 Å². The molecule has 0 N–H and O–H groups in total. The van der Waals surface area contributed by atoms with E-state index in [4.69, 9.17) is 9.97 Å². The highest BCUT2D eigenvalue weighted by Crippen LogP contribution is 2.24. The van der Waals surface area contributed by atoms with Gasteiger partial charge in [0, 0.05) is 13.5 Å². The molecule has 4 rings (SSSR count). The molecule has 0 amide bonds. The Morgan fingerprint density at radius 3 is 2.79 bits per heavy atom. The van der Waals surface area contributed by atoms with E-state index >= 15 is 0 Å². The maximum atomic E-state index is 4.73. The number of para-hydroxylation sites is 2. The lowest BCUT2D eigenvalue weighted by molar-refractivity contribution is 0.778. The highest BCUT2D eigenvalue weighted by molar-refractivity contribution is 5.94. The summed E-state index contributed by atoms with van der Waals surface area (Å²) in [5.41, 5.74) is 3.93. The van der Waals surface area contributed by atoms with E-state index in [2.05, 4.69) is 22.5 Å². The topological polar surface area (TPSA) is 48.0 Å². The Hall–Kier alpha value is -2.43. The molecule has 94 valence electrons. The van der Waals surface area contributed by atoms with Crippen molar-refractivity contribution in [2.45, 2.75) is 13.3 Å². The zero-order valence-corrected chi connectivity index (χ0v) is 10.8. The van der Waals surface area contributed by atoms with Gasteiger partial charge in [-0.15, -0.1) is 0 Å². The third-order valence-corrected chi connectivity index (χ3v) is 3.52. The van der Waals surface area contributed by atoms with E-state index in [0.29, 0.717) is 0 Å². The highest BCUT2D eigenvalue weighted by Gasteiger charge is 2.14. The summed E-state index contributed by atoms with van der Waals surface area (Å²) in [5, 5.41) is 5.29. The van der Waals surface area contributed by atoms with Gasteiger partial charge < -0.3 is 0 Å². The van der Waals surface area contributed by atoms with Crippen molar-refractivity contribution in [3.05, 3.63) is 36.3 Å². The van der Waals surface area contributed by atoms with Gasteiger partial charge in [0.25, 0.3) is 0 Å². The van der Waals surface area contributed by atoms with Crippen molar-refractivity contribution in [3.63, 3.8) is 0 Å². The Labute approximate surface area is 109 Å². The van der Waals surface area contributed by atoms with Gasteiger partial charge in [-0.25, -0.2) is 9.97 Å². The van der Waals surface area contributed by atoms with E-state index in [9.17, 15) is 0 Å². The Morgan fingerprint density at radius 1 is 1.11 bits per heavy atom. The fraction of sp³-hybridized carbons (Fsp3) is 0.214. The molecule has 0 bridgehead atoms. The van der Waals surface area contributed by atoms with Gasteiger partial charge in [-0.2, -0.15) is 5.10 Å². The Morgan fingerprint density at radius 2 is 1.95 bits per heavy atom. The Kier molecular flexibility index (Phi) is 1.95. The molecule has 0 aliphatic rings. The average Bonchev–Trinajstić information content (AvgIpc) is 2.99. The quantitative estimate of drug-likeness (QED) is 0.521. The van der Waals surface area contributed by atoms with Crippen LogP contribution in [0.2, 0.25) is 0 Å². The summed E-state index contributed by atoms with van der Waals surface area (Å²) in [4.78, 5) is 9.46. The third kappa shape index (κ3) is 1.27. The minimum Gasteiger partial charge on any atom is -0.280 e. The maximum Gasteiger partial charge on any atom is 0.163 e. The van der Waals surface area contributed by atoms with Gasteiger partial charge in [0.2, 0.25) is 0 Å². The number of hydrogen-bond donors (Lipinski definition) is 0. The number of aryl methyl sites for hydroxylation is 2. The molecule has 3 aromatic heterocycles. The van der Waals surface area contributed by atoms with Crippen LogP contribution in [-0.4, -0.2) is 24.1 Å². The van der Waals surface area contributed by atoms with Crippen LogP contribution in [0.5, 0.6) is 0 Å². The van der Waals surface area contributed by atoms with Crippen LogP contribution in [0, 0.1) is 0 Å². The van der Waals surface area contributed by atoms with Crippen molar-refractivity contribution in [1.29, 1.82) is 0 Å². The summed E-state index contributed by atoms with van der Waals surface area (Å²) in [6, 6.07) is 8.15. The van der Waals surface area contributed by atoms with Crippen LogP contribution < -0.4 is 0 Å². The Balaban J connectivity index is 2.35. The summed E-state index contributed by atoms with van der Waals surface area (Å²) in [6.07, 6.45) is 2.70. The molecular formula is C14H13N5. The van der Waals surface area contributed by atoms with Crippen molar-refractivity contribution in [1.82, 2.24) is 24.1 Å². The molecule has 5 heteroatoms. The first-order valence-corrected chi connectivity index (χ1v) is 6.37. The molecule has 0 aliphatic carbocycles. The lowest BCUT2D eigenvalue weighted by Crippen LogP contribution is -2.02. The highest BCUT2D eigenvalue weighted by atomic mass is 15.3. The van der Waals surface area contributed by atoms with Gasteiger partial charge in [-0.05, 0) is 12.1 Å². The van der Waals surface area contributed by atoms with E-state index < -0.39 is 0 Å². The number of aromatic nitrogens is 5. The van der Waals surface area contributed by atoms with Gasteiger partial charge in [-0.1, -0.05) is 19.1 Å². The maximum absolute atomic E-state index is 4.73. The molecule has 0 unspecified atom stereocenters. The first kappa shape index (κ1) is 10.5. The first-order chi connectivity index (χ1) is 9.29. The summed E-state index contributed by atoms with van der Waals surface area (Å²) in [6.45, 7) is 2.11. The first-order valence-electron chi connectivity index (χ1n) is 6.37. The predicted octanol–water partition coefficient (Wildman–Crippen LogP) is 2.33. The Bertz CT molecular complexity index is 916. The van der Waals surface area contributed by atoms with Crippen LogP contribution in [0.4, 0.5) is 0 Å². The second-order valence-electron chi connectivity index (χ2n) is 4.65. The molecule has 0 radical (unpaired) electrons. The SMILES string of the molecule is CCc1nc2c(cnn2C)c2nc3ccccc3n12. The smallest absolute Gasteiger partial charge is 0.163 e. The summed E-state index contributed by atoms with van der Waals surface area (Å²) in [7, 11) is 1.91. The molecule has 1 aromatic carbocycles. The molecule has 5 nitrogen and oxygen atoms in total. The number of fused-ring (bicyclic) bond motifs is 5. The van der Waals surface area contributed by atoms with Gasteiger partial charge in [0.15, 0.2) is 11.3 Å². The van der Waals surface area contributed by atoms with Gasteiger partial charge in [0.05, 0.1) is 22.6 Å². The second-order valence-corrected chi connectivity index (χ2v) is 4.65. The van der Waals surface area contributed by atoms with E-state index in [1.165, 1.54) is 0 Å². The monoisotopic (exact) mass is 251 g/mol. The minimum atomic E-state index is 0.859. The van der Waals surface area contributed by atoms with Gasteiger partial charge in [-0.3, -0.25) is 9.08 Å². The molecule has 0 fully saturated rings. The number of benzene rings is 1. The number of rotatable bonds is 1. The fourth-order valence-corrected chi connectivity index (χ4v) is 2.60. The van der Waals surface area contributed by atoms with Crippen LogP contribution in [-0.2, 0) is 13.5 Å². The van der Waals surface area contributed by atoms with E-state index in [0.717, 1.165) is 40.0 Å². The molecule has 0 saturated carbocycles. The number of hydrogen-bond acceptors (Lipinski definition) is 3. The van der Waals surface area contributed by atoms with Crippen molar-refractivity contribution >= 4 is 27.7 Å². The van der Waals surface area contributed by atoms with Crippen molar-refractivity contribution in [3.8, 4) is 0 Å². The standard InChI is InChI=1S/C14H13N5/c1-3-12-17-13-9(8-15-18(13)2)14-16-10-6-4-5-7-11(10)19(12)14/h4-8H,3H2,1-2H3. The largest absolute Gasteiger partial charge is 0.280 e. The van der Waals surface area contributed by atoms with Crippen molar-refractivity contribution in [2.24, 2.45) is 7.05 Å². The number of nitrogens with zero attached hydrogens (tertiary/aromatic N) is 5. The van der Waals surface area contributed by atoms with E-state index in [1.54, 1.807) is 4.68 Å². The molecule has 0 aliphatic heterocycles. The summed E-state index contributed by atoms with van der Waals surface area (Å²) < 4.78 is 3.94.